The molecule has 1 aromatic carbocycles. The van der Waals surface area contributed by atoms with Gasteiger partial charge in [-0.1, -0.05) is 19.3 Å². The van der Waals surface area contributed by atoms with Crippen LogP contribution in [0.1, 0.15) is 50.7 Å². The fourth-order valence-electron chi connectivity index (χ4n) is 3.46. The van der Waals surface area contributed by atoms with Crippen LogP contribution < -0.4 is 20.1 Å². The van der Waals surface area contributed by atoms with E-state index in [1.807, 2.05) is 43.7 Å². The van der Waals surface area contributed by atoms with Crippen molar-refractivity contribution in [1.82, 2.24) is 20.1 Å². The van der Waals surface area contributed by atoms with Gasteiger partial charge < -0.3 is 24.7 Å². The Morgan fingerprint density at radius 2 is 1.97 bits per heavy atom. The number of benzene rings is 1. The van der Waals surface area contributed by atoms with Crippen molar-refractivity contribution in [1.29, 1.82) is 0 Å². The highest BCUT2D eigenvalue weighted by Crippen LogP contribution is 2.30. The van der Waals surface area contributed by atoms with Crippen molar-refractivity contribution in [3.05, 3.63) is 29.8 Å². The number of nitrogens with zero attached hydrogens (tertiary/aromatic N) is 4. The third-order valence-electron chi connectivity index (χ3n) is 5.23. The first-order valence-electron chi connectivity index (χ1n) is 10.3. The molecule has 3 rings (SSSR count). The molecule has 0 atom stereocenters. The number of ether oxygens (including phenoxy) is 2. The Morgan fingerprint density at radius 1 is 1.20 bits per heavy atom. The van der Waals surface area contributed by atoms with Crippen LogP contribution in [0, 0.1) is 6.92 Å². The average molecular weight is 528 g/mol. The third-order valence-corrected chi connectivity index (χ3v) is 5.23. The van der Waals surface area contributed by atoms with E-state index in [1.54, 1.807) is 7.11 Å². The Morgan fingerprint density at radius 3 is 2.60 bits per heavy atom. The molecule has 166 valence electrons. The number of guanidine groups is 1. The van der Waals surface area contributed by atoms with Crippen molar-refractivity contribution in [3.8, 4) is 11.5 Å². The molecule has 30 heavy (non-hydrogen) atoms. The minimum atomic E-state index is 0. The molecule has 1 heterocycles. The smallest absolute Gasteiger partial charge is 0.196 e. The largest absolute Gasteiger partial charge is 0.493 e. The zero-order chi connectivity index (χ0) is 20.6. The second-order valence-electron chi connectivity index (χ2n) is 7.29. The summed E-state index contributed by atoms with van der Waals surface area (Å²) in [5, 5.41) is 15.3. The van der Waals surface area contributed by atoms with Crippen LogP contribution in [0.25, 0.3) is 0 Å². The second-order valence-corrected chi connectivity index (χ2v) is 7.29. The number of methoxy groups -OCH3 is 1. The second kappa shape index (κ2) is 12.0. The lowest BCUT2D eigenvalue weighted by Gasteiger charge is -2.25. The van der Waals surface area contributed by atoms with Gasteiger partial charge in [0.1, 0.15) is 12.4 Å². The van der Waals surface area contributed by atoms with Crippen molar-refractivity contribution in [2.45, 2.75) is 58.5 Å². The molecule has 0 aliphatic heterocycles. The summed E-state index contributed by atoms with van der Waals surface area (Å²) in [5.41, 5.74) is 0.890. The van der Waals surface area contributed by atoms with E-state index in [1.165, 1.54) is 19.3 Å². The zero-order valence-electron chi connectivity index (χ0n) is 18.3. The molecule has 2 aromatic rings. The summed E-state index contributed by atoms with van der Waals surface area (Å²) in [7, 11) is 3.60. The number of aliphatic imine (C=N–C) groups is 1. The quantitative estimate of drug-likeness (QED) is 0.321. The summed E-state index contributed by atoms with van der Waals surface area (Å²) in [6.45, 7) is 4.94. The van der Waals surface area contributed by atoms with Crippen molar-refractivity contribution < 1.29 is 9.47 Å². The van der Waals surface area contributed by atoms with E-state index in [0.29, 0.717) is 24.9 Å². The minimum Gasteiger partial charge on any atom is -0.493 e. The van der Waals surface area contributed by atoms with E-state index in [9.17, 15) is 0 Å². The van der Waals surface area contributed by atoms with Gasteiger partial charge in [0.15, 0.2) is 23.3 Å². The number of aromatic nitrogens is 3. The van der Waals surface area contributed by atoms with Gasteiger partial charge in [-0.2, -0.15) is 0 Å². The molecule has 1 saturated carbocycles. The highest BCUT2D eigenvalue weighted by molar-refractivity contribution is 14.0. The maximum Gasteiger partial charge on any atom is 0.196 e. The Kier molecular flexibility index (Phi) is 9.67. The lowest BCUT2D eigenvalue weighted by atomic mass is 9.96. The van der Waals surface area contributed by atoms with Gasteiger partial charge in [-0.3, -0.25) is 0 Å². The number of hydrogen-bond donors (Lipinski definition) is 2. The van der Waals surface area contributed by atoms with E-state index in [0.717, 1.165) is 41.9 Å². The molecule has 1 aliphatic rings. The van der Waals surface area contributed by atoms with Crippen LogP contribution in [0.2, 0.25) is 0 Å². The van der Waals surface area contributed by atoms with E-state index < -0.39 is 0 Å². The molecule has 9 heteroatoms. The normalized spacial score (nSPS) is 14.7. The van der Waals surface area contributed by atoms with Gasteiger partial charge in [0.25, 0.3) is 0 Å². The maximum atomic E-state index is 5.61. The van der Waals surface area contributed by atoms with Crippen LogP contribution in [0.3, 0.4) is 0 Å². The first-order chi connectivity index (χ1) is 14.1. The average Bonchev–Trinajstić information content (AvgIpc) is 3.06. The fraction of sp³-hybridized carbons (Fsp3) is 0.571. The highest BCUT2D eigenvalue weighted by Gasteiger charge is 2.16. The van der Waals surface area contributed by atoms with Gasteiger partial charge in [-0.15, -0.1) is 34.2 Å². The molecule has 2 N–H and O–H groups in total. The van der Waals surface area contributed by atoms with Crippen LogP contribution >= 0.6 is 24.0 Å². The molecule has 1 aromatic heterocycles. The van der Waals surface area contributed by atoms with Crippen molar-refractivity contribution in [3.63, 3.8) is 0 Å². The van der Waals surface area contributed by atoms with Crippen molar-refractivity contribution in [2.24, 2.45) is 12.0 Å². The first-order valence-corrected chi connectivity index (χ1v) is 10.3. The summed E-state index contributed by atoms with van der Waals surface area (Å²) in [4.78, 5) is 4.77. The predicted molar refractivity (Wildman–Crippen MR) is 130 cm³/mol. The number of aryl methyl sites for hydroxylation is 1. The van der Waals surface area contributed by atoms with Gasteiger partial charge in [-0.25, -0.2) is 4.99 Å². The molecule has 0 bridgehead atoms. The molecular weight excluding hydrogens is 495 g/mol. The SMILES string of the molecule is CCOc1ccc(NC(=NCc2nnc(C)n2C)NC2CCCCC2)cc1OC.I. The van der Waals surface area contributed by atoms with Gasteiger partial charge in [-0.05, 0) is 38.8 Å². The highest BCUT2D eigenvalue weighted by atomic mass is 127. The summed E-state index contributed by atoms with van der Waals surface area (Å²) < 4.78 is 13.0. The number of anilines is 1. The Bertz CT molecular complexity index is 833. The van der Waals surface area contributed by atoms with E-state index in [4.69, 9.17) is 14.5 Å². The van der Waals surface area contributed by atoms with Crippen LogP contribution in [0.15, 0.2) is 23.2 Å². The van der Waals surface area contributed by atoms with Crippen LogP contribution in [0.4, 0.5) is 5.69 Å². The molecule has 1 aliphatic carbocycles. The molecule has 0 spiro atoms. The van der Waals surface area contributed by atoms with E-state index >= 15 is 0 Å². The van der Waals surface area contributed by atoms with E-state index in [-0.39, 0.29) is 24.0 Å². The molecule has 1 fully saturated rings. The van der Waals surface area contributed by atoms with Gasteiger partial charge >= 0.3 is 0 Å². The predicted octanol–water partition coefficient (Wildman–Crippen LogP) is 4.04. The Hall–Kier alpha value is -2.04. The third kappa shape index (κ3) is 6.48. The lowest BCUT2D eigenvalue weighted by Crippen LogP contribution is -2.40. The van der Waals surface area contributed by atoms with Gasteiger partial charge in [0, 0.05) is 24.8 Å². The topological polar surface area (TPSA) is 85.6 Å². The first kappa shape index (κ1) is 24.2. The minimum absolute atomic E-state index is 0. The summed E-state index contributed by atoms with van der Waals surface area (Å²) in [5.74, 6) is 3.87. The Labute approximate surface area is 195 Å². The van der Waals surface area contributed by atoms with Crippen molar-refractivity contribution in [2.75, 3.05) is 19.0 Å². The molecule has 0 radical (unpaired) electrons. The standard InChI is InChI=1S/C21H32N6O2.HI/c1-5-29-18-12-11-17(13-19(18)28-4)24-21(23-16-9-7-6-8-10-16)22-14-20-26-25-15(2)27(20)3;/h11-13,16H,5-10,14H2,1-4H3,(H2,22,23,24);1H. The summed E-state index contributed by atoms with van der Waals surface area (Å²) >= 11 is 0. The number of rotatable bonds is 7. The van der Waals surface area contributed by atoms with Crippen LogP contribution in [0.5, 0.6) is 11.5 Å². The zero-order valence-corrected chi connectivity index (χ0v) is 20.6. The number of nitrogens with one attached hydrogen (secondary N) is 2. The lowest BCUT2D eigenvalue weighted by molar-refractivity contribution is 0.311. The molecule has 0 amide bonds. The summed E-state index contributed by atoms with van der Waals surface area (Å²) in [6.07, 6.45) is 6.15. The molecule has 0 unspecified atom stereocenters. The van der Waals surface area contributed by atoms with Crippen LogP contribution in [-0.2, 0) is 13.6 Å². The molecule has 0 saturated heterocycles. The van der Waals surface area contributed by atoms with Gasteiger partial charge in [0.2, 0.25) is 0 Å². The van der Waals surface area contributed by atoms with Crippen LogP contribution in [-0.4, -0.2) is 40.5 Å². The molecular formula is C21H33IN6O2. The molecule has 8 nitrogen and oxygen atoms in total. The van der Waals surface area contributed by atoms with E-state index in [2.05, 4.69) is 20.8 Å². The number of hydrogen-bond acceptors (Lipinski definition) is 5. The van der Waals surface area contributed by atoms with Crippen molar-refractivity contribution >= 4 is 35.6 Å². The monoisotopic (exact) mass is 528 g/mol. The summed E-state index contributed by atoms with van der Waals surface area (Å²) in [6, 6.07) is 6.24. The van der Waals surface area contributed by atoms with Gasteiger partial charge in [0.05, 0.1) is 13.7 Å². The fourth-order valence-corrected chi connectivity index (χ4v) is 3.46. The maximum absolute atomic E-state index is 5.61. The number of halogens is 1. The Balaban J connectivity index is 0.00000320.